The molecule has 0 heterocycles. The number of nitrogens with one attached hydrogen (secondary N) is 1. The van der Waals surface area contributed by atoms with E-state index < -0.39 is 39.2 Å². The molecule has 0 spiro atoms. The lowest BCUT2D eigenvalue weighted by Crippen LogP contribution is -2.40. The fourth-order valence-corrected chi connectivity index (χ4v) is 4.88. The number of hydrogen-bond acceptors (Lipinski definition) is 3. The number of rotatable bonds is 7. The number of aryl methyl sites for hydroxylation is 2. The second kappa shape index (κ2) is 10.1. The first kappa shape index (κ1) is 25.6. The maximum atomic E-state index is 13.4. The van der Waals surface area contributed by atoms with E-state index in [2.05, 4.69) is 5.32 Å². The molecule has 0 fully saturated rings. The molecule has 5 nitrogen and oxygen atoms in total. The van der Waals surface area contributed by atoms with Crippen molar-refractivity contribution in [3.63, 3.8) is 0 Å². The van der Waals surface area contributed by atoms with Gasteiger partial charge in [0.1, 0.15) is 6.54 Å². The molecular formula is C24H22ClF3N2O3S. The standard InChI is InChI=1S/C24H22ClF3N2O3S/c1-16-6-9-20(10-7-16)34(32,33)30(19-8-11-22(25)21(13-19)24(26,27)28)15-23(31)29-14-18-5-3-4-17(2)12-18/h3-13H,14-15H2,1-2H3,(H,29,31). The molecule has 180 valence electrons. The third kappa shape index (κ3) is 6.09. The molecule has 0 aliphatic rings. The Labute approximate surface area is 201 Å². The van der Waals surface area contributed by atoms with Gasteiger partial charge in [-0.25, -0.2) is 8.42 Å². The van der Waals surface area contributed by atoms with E-state index in [9.17, 15) is 26.4 Å². The summed E-state index contributed by atoms with van der Waals surface area (Å²) >= 11 is 5.70. The van der Waals surface area contributed by atoms with Crippen molar-refractivity contribution in [1.82, 2.24) is 5.32 Å². The van der Waals surface area contributed by atoms with E-state index in [4.69, 9.17) is 11.6 Å². The molecule has 1 amide bonds. The fraction of sp³-hybridized carbons (Fsp3) is 0.208. The Morgan fingerprint density at radius 3 is 2.26 bits per heavy atom. The molecule has 0 bridgehead atoms. The van der Waals surface area contributed by atoms with Crippen LogP contribution in [-0.4, -0.2) is 20.9 Å². The number of alkyl halides is 3. The summed E-state index contributed by atoms with van der Waals surface area (Å²) < 4.78 is 67.7. The van der Waals surface area contributed by atoms with Crippen LogP contribution in [0.25, 0.3) is 0 Å². The fourth-order valence-electron chi connectivity index (χ4n) is 3.25. The third-order valence-electron chi connectivity index (χ3n) is 5.01. The number of halogens is 4. The van der Waals surface area contributed by atoms with Gasteiger partial charge in [0.25, 0.3) is 10.0 Å². The van der Waals surface area contributed by atoms with Crippen LogP contribution in [0, 0.1) is 13.8 Å². The van der Waals surface area contributed by atoms with Gasteiger partial charge in [0.2, 0.25) is 5.91 Å². The summed E-state index contributed by atoms with van der Waals surface area (Å²) in [6, 6.07) is 15.9. The molecule has 0 saturated carbocycles. The van der Waals surface area contributed by atoms with Gasteiger partial charge < -0.3 is 5.32 Å². The van der Waals surface area contributed by atoms with Gasteiger partial charge >= 0.3 is 6.18 Å². The van der Waals surface area contributed by atoms with Gasteiger partial charge in [-0.15, -0.1) is 0 Å². The predicted octanol–water partition coefficient (Wildman–Crippen LogP) is 5.49. The summed E-state index contributed by atoms with van der Waals surface area (Å²) in [6.45, 7) is 3.07. The van der Waals surface area contributed by atoms with E-state index >= 15 is 0 Å². The average Bonchev–Trinajstić information content (AvgIpc) is 2.76. The molecule has 3 aromatic rings. The van der Waals surface area contributed by atoms with Crippen molar-refractivity contribution in [1.29, 1.82) is 0 Å². The maximum Gasteiger partial charge on any atom is 0.417 e. The zero-order valence-corrected chi connectivity index (χ0v) is 19.9. The highest BCUT2D eigenvalue weighted by Crippen LogP contribution is 2.38. The normalized spacial score (nSPS) is 11.8. The van der Waals surface area contributed by atoms with Crippen LogP contribution in [0.15, 0.2) is 71.6 Å². The Morgan fingerprint density at radius 1 is 0.971 bits per heavy atom. The first-order chi connectivity index (χ1) is 15.9. The van der Waals surface area contributed by atoms with Gasteiger partial charge in [0.15, 0.2) is 0 Å². The van der Waals surface area contributed by atoms with Crippen LogP contribution in [-0.2, 0) is 27.5 Å². The molecule has 3 aromatic carbocycles. The monoisotopic (exact) mass is 510 g/mol. The van der Waals surface area contributed by atoms with Crippen molar-refractivity contribution in [3.8, 4) is 0 Å². The van der Waals surface area contributed by atoms with Crippen molar-refractivity contribution in [3.05, 3.63) is 94.0 Å². The first-order valence-corrected chi connectivity index (χ1v) is 12.0. The molecule has 3 rings (SSSR count). The van der Waals surface area contributed by atoms with Crippen molar-refractivity contribution in [2.45, 2.75) is 31.5 Å². The van der Waals surface area contributed by atoms with Gasteiger partial charge in [-0.1, -0.05) is 59.1 Å². The SMILES string of the molecule is Cc1ccc(S(=O)(=O)N(CC(=O)NCc2cccc(C)c2)c2ccc(Cl)c(C(F)(F)F)c2)cc1. The Kier molecular flexibility index (Phi) is 7.57. The second-order valence-electron chi connectivity index (χ2n) is 7.75. The lowest BCUT2D eigenvalue weighted by Gasteiger charge is -2.25. The quantitative estimate of drug-likeness (QED) is 0.457. The smallest absolute Gasteiger partial charge is 0.350 e. The van der Waals surface area contributed by atoms with Crippen LogP contribution >= 0.6 is 11.6 Å². The van der Waals surface area contributed by atoms with Gasteiger partial charge in [0.05, 0.1) is 21.2 Å². The van der Waals surface area contributed by atoms with Crippen LogP contribution < -0.4 is 9.62 Å². The Bertz CT molecular complexity index is 1290. The van der Waals surface area contributed by atoms with Gasteiger partial charge in [-0.2, -0.15) is 13.2 Å². The van der Waals surface area contributed by atoms with E-state index in [-0.39, 0.29) is 17.1 Å². The van der Waals surface area contributed by atoms with Crippen molar-refractivity contribution in [2.24, 2.45) is 0 Å². The number of nitrogens with zero attached hydrogens (tertiary/aromatic N) is 1. The lowest BCUT2D eigenvalue weighted by atomic mass is 10.1. The van der Waals surface area contributed by atoms with Crippen molar-refractivity contribution in [2.75, 3.05) is 10.8 Å². The number of carbonyl (C=O) groups is 1. The molecule has 0 aliphatic carbocycles. The van der Waals surface area contributed by atoms with E-state index in [0.29, 0.717) is 10.4 Å². The molecule has 0 atom stereocenters. The van der Waals surface area contributed by atoms with E-state index in [0.717, 1.165) is 28.8 Å². The number of amides is 1. The van der Waals surface area contributed by atoms with E-state index in [1.165, 1.54) is 12.1 Å². The molecular weight excluding hydrogens is 489 g/mol. The summed E-state index contributed by atoms with van der Waals surface area (Å²) in [5.74, 6) is -0.680. The summed E-state index contributed by atoms with van der Waals surface area (Å²) in [7, 11) is -4.37. The zero-order valence-electron chi connectivity index (χ0n) is 18.4. The summed E-state index contributed by atoms with van der Waals surface area (Å²) in [6.07, 6.45) is -4.81. The number of sulfonamides is 1. The highest BCUT2D eigenvalue weighted by Gasteiger charge is 2.35. The Hall–Kier alpha value is -3.04. The molecule has 0 unspecified atom stereocenters. The highest BCUT2D eigenvalue weighted by atomic mass is 35.5. The number of hydrogen-bond donors (Lipinski definition) is 1. The van der Waals surface area contributed by atoms with E-state index in [1.807, 2.05) is 25.1 Å². The third-order valence-corrected chi connectivity index (χ3v) is 7.13. The van der Waals surface area contributed by atoms with Crippen molar-refractivity contribution < 1.29 is 26.4 Å². The van der Waals surface area contributed by atoms with Gasteiger partial charge in [0, 0.05) is 6.54 Å². The zero-order chi connectivity index (χ0) is 25.1. The van der Waals surface area contributed by atoms with Gasteiger partial charge in [-0.3, -0.25) is 9.10 Å². The minimum Gasteiger partial charge on any atom is -0.350 e. The topological polar surface area (TPSA) is 66.5 Å². The minimum absolute atomic E-state index is 0.132. The minimum atomic E-state index is -4.81. The number of anilines is 1. The van der Waals surface area contributed by atoms with Crippen LogP contribution in [0.5, 0.6) is 0 Å². The number of benzene rings is 3. The molecule has 0 aliphatic heterocycles. The lowest BCUT2D eigenvalue weighted by molar-refractivity contribution is -0.137. The molecule has 34 heavy (non-hydrogen) atoms. The summed E-state index contributed by atoms with van der Waals surface area (Å²) in [4.78, 5) is 12.5. The Morgan fingerprint density at radius 2 is 1.65 bits per heavy atom. The number of carbonyl (C=O) groups excluding carboxylic acids is 1. The maximum absolute atomic E-state index is 13.4. The van der Waals surface area contributed by atoms with Crippen molar-refractivity contribution >= 4 is 33.2 Å². The largest absolute Gasteiger partial charge is 0.417 e. The van der Waals surface area contributed by atoms with Crippen LogP contribution in [0.2, 0.25) is 5.02 Å². The van der Waals surface area contributed by atoms with Crippen LogP contribution in [0.3, 0.4) is 0 Å². The van der Waals surface area contributed by atoms with Crippen LogP contribution in [0.1, 0.15) is 22.3 Å². The van der Waals surface area contributed by atoms with Crippen LogP contribution in [0.4, 0.5) is 18.9 Å². The highest BCUT2D eigenvalue weighted by molar-refractivity contribution is 7.92. The Balaban J connectivity index is 1.97. The molecule has 0 aromatic heterocycles. The molecule has 0 radical (unpaired) electrons. The first-order valence-electron chi connectivity index (χ1n) is 10.2. The molecule has 1 N–H and O–H groups in total. The van der Waals surface area contributed by atoms with E-state index in [1.54, 1.807) is 25.1 Å². The van der Waals surface area contributed by atoms with Gasteiger partial charge in [-0.05, 0) is 49.7 Å². The average molecular weight is 511 g/mol. The summed E-state index contributed by atoms with van der Waals surface area (Å²) in [5, 5.41) is 2.05. The molecule has 0 saturated heterocycles. The molecule has 10 heteroatoms. The predicted molar refractivity (Wildman–Crippen MR) is 125 cm³/mol. The summed E-state index contributed by atoms with van der Waals surface area (Å²) in [5.41, 5.74) is 1.05. The second-order valence-corrected chi connectivity index (χ2v) is 10.0.